The molecule has 0 bridgehead atoms. The number of rotatable bonds is 8. The third-order valence-electron chi connectivity index (χ3n) is 7.42. The van der Waals surface area contributed by atoms with E-state index in [4.69, 9.17) is 28.1 Å². The fourth-order valence-corrected chi connectivity index (χ4v) is 4.98. The highest BCUT2D eigenvalue weighted by atomic mass is 16.7. The molecule has 16 nitrogen and oxygen atoms in total. The van der Waals surface area contributed by atoms with Gasteiger partial charge >= 0.3 is 0 Å². The van der Waals surface area contributed by atoms with Crippen LogP contribution < -0.4 is 19.6 Å². The zero-order valence-electron chi connectivity index (χ0n) is 23.0. The van der Waals surface area contributed by atoms with Gasteiger partial charge in [-0.1, -0.05) is 0 Å². The molecule has 2 fully saturated rings. The van der Waals surface area contributed by atoms with Crippen LogP contribution >= 0.6 is 0 Å². The van der Waals surface area contributed by atoms with Crippen LogP contribution in [0.15, 0.2) is 45.6 Å². The fourth-order valence-electron chi connectivity index (χ4n) is 4.98. The summed E-state index contributed by atoms with van der Waals surface area (Å²) in [7, 11) is 1.26. The normalized spacial score (nSPS) is 32.4. The first-order chi connectivity index (χ1) is 21.0. The van der Waals surface area contributed by atoms with Crippen LogP contribution in [0.2, 0.25) is 0 Å². The van der Waals surface area contributed by atoms with Crippen molar-refractivity contribution in [2.75, 3.05) is 20.3 Å². The van der Waals surface area contributed by atoms with Crippen molar-refractivity contribution in [2.45, 2.75) is 61.4 Å². The minimum absolute atomic E-state index is 0.0674. The average Bonchev–Trinajstić information content (AvgIpc) is 3.02. The minimum Gasteiger partial charge on any atom is -0.508 e. The maximum absolute atomic E-state index is 13.8. The third-order valence-corrected chi connectivity index (χ3v) is 7.42. The van der Waals surface area contributed by atoms with Crippen molar-refractivity contribution in [3.8, 4) is 34.3 Å². The van der Waals surface area contributed by atoms with Crippen molar-refractivity contribution in [3.63, 3.8) is 0 Å². The van der Waals surface area contributed by atoms with E-state index in [2.05, 4.69) is 0 Å². The zero-order valence-corrected chi connectivity index (χ0v) is 23.0. The van der Waals surface area contributed by atoms with Crippen LogP contribution in [0.1, 0.15) is 0 Å². The molecule has 10 atom stereocenters. The number of ether oxygens (including phenoxy) is 5. The molecule has 0 aliphatic carbocycles. The lowest BCUT2D eigenvalue weighted by atomic mass is 9.99. The Balaban J connectivity index is 1.53. The maximum atomic E-state index is 13.8. The summed E-state index contributed by atoms with van der Waals surface area (Å²) in [6.45, 7) is -1.39. The van der Waals surface area contributed by atoms with Gasteiger partial charge in [0, 0.05) is 17.7 Å². The van der Waals surface area contributed by atoms with Gasteiger partial charge in [-0.15, -0.1) is 0 Å². The van der Waals surface area contributed by atoms with E-state index in [1.165, 1.54) is 37.4 Å². The van der Waals surface area contributed by atoms with E-state index in [1.807, 2.05) is 0 Å². The number of phenols is 1. The summed E-state index contributed by atoms with van der Waals surface area (Å²) >= 11 is 0. The number of methoxy groups -OCH3 is 1. The molecule has 2 saturated heterocycles. The lowest BCUT2D eigenvalue weighted by Crippen LogP contribution is -2.60. The molecule has 16 heteroatoms. The Hall–Kier alpha value is -3.55. The van der Waals surface area contributed by atoms with Gasteiger partial charge in [-0.25, -0.2) is 0 Å². The Morgan fingerprint density at radius 1 is 0.750 bits per heavy atom. The number of hydrogen-bond acceptors (Lipinski definition) is 16. The Bertz CT molecular complexity index is 1500. The molecular weight excluding hydrogens is 592 g/mol. The van der Waals surface area contributed by atoms with Gasteiger partial charge in [-0.3, -0.25) is 4.79 Å². The van der Waals surface area contributed by atoms with Crippen molar-refractivity contribution < 1.29 is 74.1 Å². The van der Waals surface area contributed by atoms with E-state index < -0.39 is 85.8 Å². The van der Waals surface area contributed by atoms with Gasteiger partial charge in [0.15, 0.2) is 5.76 Å². The molecule has 0 radical (unpaired) electrons. The van der Waals surface area contributed by atoms with Crippen LogP contribution in [0.5, 0.6) is 23.0 Å². The van der Waals surface area contributed by atoms with E-state index in [0.29, 0.717) is 0 Å². The van der Waals surface area contributed by atoms with Crippen molar-refractivity contribution >= 4 is 11.0 Å². The van der Waals surface area contributed by atoms with E-state index in [-0.39, 0.29) is 39.5 Å². The summed E-state index contributed by atoms with van der Waals surface area (Å²) in [5.41, 5.74) is -0.742. The predicted octanol–water partition coefficient (Wildman–Crippen LogP) is -2.47. The lowest BCUT2D eigenvalue weighted by Gasteiger charge is -2.39. The van der Waals surface area contributed by atoms with Crippen LogP contribution in [0.25, 0.3) is 22.3 Å². The van der Waals surface area contributed by atoms with E-state index in [1.54, 1.807) is 0 Å². The van der Waals surface area contributed by atoms with Crippen molar-refractivity contribution in [1.82, 2.24) is 0 Å². The zero-order chi connectivity index (χ0) is 31.9. The number of hydrogen-bond donors (Lipinski definition) is 9. The first-order valence-corrected chi connectivity index (χ1v) is 13.4. The third kappa shape index (κ3) is 5.80. The molecule has 5 rings (SSSR count). The summed E-state index contributed by atoms with van der Waals surface area (Å²) in [5, 5.41) is 90.2. The average molecular weight is 625 g/mol. The molecule has 0 amide bonds. The monoisotopic (exact) mass is 624 g/mol. The number of aliphatic hydroxyl groups excluding tert-OH is 8. The van der Waals surface area contributed by atoms with Crippen molar-refractivity contribution in [3.05, 3.63) is 46.6 Å². The first-order valence-electron chi connectivity index (χ1n) is 13.4. The van der Waals surface area contributed by atoms with E-state index in [9.17, 15) is 50.8 Å². The van der Waals surface area contributed by atoms with Gasteiger partial charge in [-0.2, -0.15) is 0 Å². The Kier molecular flexibility index (Phi) is 9.28. The Morgan fingerprint density at radius 3 is 1.82 bits per heavy atom. The molecule has 2 aliphatic heterocycles. The Labute approximate surface area is 248 Å². The van der Waals surface area contributed by atoms with E-state index in [0.717, 1.165) is 6.07 Å². The number of aliphatic hydroxyl groups is 8. The van der Waals surface area contributed by atoms with Gasteiger partial charge in [0.25, 0.3) is 0 Å². The van der Waals surface area contributed by atoms with Crippen molar-refractivity contribution in [1.29, 1.82) is 0 Å². The molecule has 10 unspecified atom stereocenters. The van der Waals surface area contributed by atoms with Crippen LogP contribution in [0, 0.1) is 0 Å². The molecule has 2 aromatic carbocycles. The molecule has 3 aromatic rings. The highest BCUT2D eigenvalue weighted by Crippen LogP contribution is 2.38. The van der Waals surface area contributed by atoms with Gasteiger partial charge in [-0.05, 0) is 24.3 Å². The van der Waals surface area contributed by atoms with E-state index >= 15 is 0 Å². The van der Waals surface area contributed by atoms with Crippen LogP contribution in [0.4, 0.5) is 0 Å². The smallest absolute Gasteiger partial charge is 0.239 e. The summed E-state index contributed by atoms with van der Waals surface area (Å²) in [4.78, 5) is 13.8. The first kappa shape index (κ1) is 31.9. The quantitative estimate of drug-likeness (QED) is 0.126. The second kappa shape index (κ2) is 12.8. The number of fused-ring (bicyclic) bond motifs is 1. The standard InChI is InChI=1S/C28H32O16/c1-39-13-6-11(31)7-14-17(13)20(34)26(44-28-24(38)22(36)19(33)16(9-30)43-28)25(41-14)10-2-4-12(5-3-10)40-27-23(37)21(35)18(32)15(8-29)42-27/h2-7,15-16,18-19,21-24,27-33,35-38H,8-9H2,1H3. The summed E-state index contributed by atoms with van der Waals surface area (Å²) in [5.74, 6) is -1.01. The molecule has 0 spiro atoms. The van der Waals surface area contributed by atoms with Gasteiger partial charge < -0.3 is 74.1 Å². The van der Waals surface area contributed by atoms with Crippen molar-refractivity contribution in [2.24, 2.45) is 0 Å². The number of phenolic OH excluding ortho intramolecular Hbond substituents is 1. The largest absolute Gasteiger partial charge is 0.508 e. The van der Waals surface area contributed by atoms with Crippen LogP contribution in [-0.2, 0) is 9.47 Å². The summed E-state index contributed by atoms with van der Waals surface area (Å²) in [6, 6.07) is 7.90. The number of benzene rings is 2. The second-order valence-corrected chi connectivity index (χ2v) is 10.3. The summed E-state index contributed by atoms with van der Waals surface area (Å²) < 4.78 is 33.3. The van der Waals surface area contributed by atoms with Gasteiger partial charge in [0.2, 0.25) is 23.8 Å². The van der Waals surface area contributed by atoms with Crippen LogP contribution in [0.3, 0.4) is 0 Å². The molecule has 2 aliphatic rings. The molecular formula is C28H32O16. The molecule has 0 saturated carbocycles. The molecule has 44 heavy (non-hydrogen) atoms. The fraction of sp³-hybridized carbons (Fsp3) is 0.464. The summed E-state index contributed by atoms with van der Waals surface area (Å²) in [6.07, 6.45) is -16.0. The maximum Gasteiger partial charge on any atom is 0.239 e. The second-order valence-electron chi connectivity index (χ2n) is 10.3. The van der Waals surface area contributed by atoms with Gasteiger partial charge in [0.05, 0.1) is 20.3 Å². The minimum atomic E-state index is -1.85. The predicted molar refractivity (Wildman–Crippen MR) is 145 cm³/mol. The highest BCUT2D eigenvalue weighted by Gasteiger charge is 2.46. The molecule has 240 valence electrons. The SMILES string of the molecule is COc1cc(O)cc2oc(-c3ccc(OC4OC(CO)C(O)C(O)C4O)cc3)c(OC3OC(CO)C(O)C(O)C3O)c(=O)c12. The highest BCUT2D eigenvalue weighted by molar-refractivity contribution is 5.88. The van der Waals surface area contributed by atoms with Gasteiger partial charge in [0.1, 0.15) is 77.0 Å². The lowest BCUT2D eigenvalue weighted by molar-refractivity contribution is -0.277. The molecule has 3 heterocycles. The molecule has 9 N–H and O–H groups in total. The molecule has 1 aromatic heterocycles. The topological polar surface area (TPSA) is 258 Å². The Morgan fingerprint density at radius 2 is 1.30 bits per heavy atom. The van der Waals surface area contributed by atoms with Crippen LogP contribution in [-0.4, -0.2) is 128 Å². The number of aromatic hydroxyl groups is 1.